The third kappa shape index (κ3) is 8.23. The SMILES string of the molecule is CCOC(=O)NC(CNC(=NC)NCCc1ccccc1OC)C1CC1.I. The fourth-order valence-corrected chi connectivity index (χ4v) is 2.81. The molecule has 0 radical (unpaired) electrons. The average molecular weight is 490 g/mol. The minimum Gasteiger partial charge on any atom is -0.496 e. The highest BCUT2D eigenvalue weighted by molar-refractivity contribution is 14.0. The van der Waals surface area contributed by atoms with Gasteiger partial charge in [-0.2, -0.15) is 0 Å². The van der Waals surface area contributed by atoms with Crippen molar-refractivity contribution >= 4 is 36.0 Å². The van der Waals surface area contributed by atoms with Crippen LogP contribution in [0.25, 0.3) is 0 Å². The van der Waals surface area contributed by atoms with Gasteiger partial charge >= 0.3 is 6.09 Å². The molecule has 0 bridgehead atoms. The van der Waals surface area contributed by atoms with Gasteiger partial charge in [0.15, 0.2) is 5.96 Å². The second kappa shape index (κ2) is 12.6. The summed E-state index contributed by atoms with van der Waals surface area (Å²) in [6.07, 6.45) is 2.75. The first kappa shape index (κ1) is 23.3. The van der Waals surface area contributed by atoms with Crippen LogP contribution in [0.5, 0.6) is 5.75 Å². The number of amides is 1. The molecular weight excluding hydrogens is 459 g/mol. The molecule has 1 aromatic rings. The molecule has 3 N–H and O–H groups in total. The second-order valence-electron chi connectivity index (χ2n) is 6.25. The van der Waals surface area contributed by atoms with Crippen LogP contribution in [0.3, 0.4) is 0 Å². The summed E-state index contributed by atoms with van der Waals surface area (Å²) in [4.78, 5) is 15.9. The first-order valence-electron chi connectivity index (χ1n) is 9.17. The van der Waals surface area contributed by atoms with Gasteiger partial charge in [0.2, 0.25) is 0 Å². The Morgan fingerprint density at radius 3 is 2.67 bits per heavy atom. The summed E-state index contributed by atoms with van der Waals surface area (Å²) in [5, 5.41) is 9.53. The Bertz CT molecular complexity index is 608. The van der Waals surface area contributed by atoms with E-state index in [0.29, 0.717) is 19.1 Å². The van der Waals surface area contributed by atoms with Gasteiger partial charge in [0, 0.05) is 20.1 Å². The Morgan fingerprint density at radius 1 is 1.30 bits per heavy atom. The predicted octanol–water partition coefficient (Wildman–Crippen LogP) is 2.55. The molecule has 27 heavy (non-hydrogen) atoms. The van der Waals surface area contributed by atoms with Gasteiger partial charge in [-0.25, -0.2) is 4.79 Å². The third-order valence-corrected chi connectivity index (χ3v) is 4.36. The fraction of sp³-hybridized carbons (Fsp3) is 0.579. The van der Waals surface area contributed by atoms with Crippen molar-refractivity contribution in [3.05, 3.63) is 29.8 Å². The molecule has 2 rings (SSSR count). The number of carbonyl (C=O) groups is 1. The van der Waals surface area contributed by atoms with Gasteiger partial charge in [-0.15, -0.1) is 24.0 Å². The number of rotatable bonds is 9. The maximum absolute atomic E-state index is 11.7. The number of hydrogen-bond acceptors (Lipinski definition) is 4. The highest BCUT2D eigenvalue weighted by Crippen LogP contribution is 2.32. The van der Waals surface area contributed by atoms with Crippen LogP contribution in [0, 0.1) is 5.92 Å². The van der Waals surface area contributed by atoms with E-state index in [0.717, 1.165) is 43.1 Å². The lowest BCUT2D eigenvalue weighted by molar-refractivity contribution is 0.146. The molecule has 0 aromatic heterocycles. The number of ether oxygens (including phenoxy) is 2. The van der Waals surface area contributed by atoms with Crippen LogP contribution >= 0.6 is 24.0 Å². The molecule has 1 amide bonds. The summed E-state index contributed by atoms with van der Waals surface area (Å²) in [6.45, 7) is 3.54. The second-order valence-corrected chi connectivity index (χ2v) is 6.25. The van der Waals surface area contributed by atoms with E-state index in [-0.39, 0.29) is 36.1 Å². The van der Waals surface area contributed by atoms with Crippen LogP contribution in [0.15, 0.2) is 29.3 Å². The molecule has 8 heteroatoms. The van der Waals surface area contributed by atoms with Crippen molar-refractivity contribution in [1.29, 1.82) is 0 Å². The number of alkyl carbamates (subject to hydrolysis) is 1. The van der Waals surface area contributed by atoms with E-state index in [9.17, 15) is 4.79 Å². The molecule has 152 valence electrons. The molecule has 7 nitrogen and oxygen atoms in total. The van der Waals surface area contributed by atoms with Crippen molar-refractivity contribution in [3.8, 4) is 5.75 Å². The zero-order valence-corrected chi connectivity index (χ0v) is 18.6. The van der Waals surface area contributed by atoms with Gasteiger partial charge in [-0.1, -0.05) is 18.2 Å². The van der Waals surface area contributed by atoms with Gasteiger partial charge in [-0.3, -0.25) is 4.99 Å². The van der Waals surface area contributed by atoms with E-state index in [2.05, 4.69) is 27.0 Å². The number of para-hydroxylation sites is 1. The molecule has 1 unspecified atom stereocenters. The summed E-state index contributed by atoms with van der Waals surface area (Å²) >= 11 is 0. The molecule has 0 saturated heterocycles. The Balaban J connectivity index is 0.00000364. The molecule has 1 atom stereocenters. The first-order chi connectivity index (χ1) is 12.7. The fourth-order valence-electron chi connectivity index (χ4n) is 2.81. The van der Waals surface area contributed by atoms with Crippen molar-refractivity contribution in [3.63, 3.8) is 0 Å². The standard InChI is InChI=1S/C19H30N4O3.HI/c1-4-26-19(24)23-16(14-9-10-14)13-22-18(20-2)21-12-11-15-7-5-6-8-17(15)25-3;/h5-8,14,16H,4,9-13H2,1-3H3,(H,23,24)(H2,20,21,22);1H. The molecule has 0 spiro atoms. The largest absolute Gasteiger partial charge is 0.496 e. The minimum atomic E-state index is -0.356. The van der Waals surface area contributed by atoms with Crippen LogP contribution in [-0.2, 0) is 11.2 Å². The monoisotopic (exact) mass is 490 g/mol. The maximum Gasteiger partial charge on any atom is 0.407 e. The zero-order chi connectivity index (χ0) is 18.8. The summed E-state index contributed by atoms with van der Waals surface area (Å²) < 4.78 is 10.4. The Hall–Kier alpha value is -1.71. The molecule has 1 aliphatic rings. The van der Waals surface area contributed by atoms with Gasteiger partial charge < -0.3 is 25.4 Å². The summed E-state index contributed by atoms with van der Waals surface area (Å²) in [6, 6.07) is 8.05. The quantitative estimate of drug-likeness (QED) is 0.282. The average Bonchev–Trinajstić information content (AvgIpc) is 3.49. The van der Waals surface area contributed by atoms with Crippen LogP contribution in [0.4, 0.5) is 4.79 Å². The van der Waals surface area contributed by atoms with Gasteiger partial charge in [0.05, 0.1) is 19.8 Å². The Kier molecular flexibility index (Phi) is 10.9. The molecule has 1 aromatic carbocycles. The van der Waals surface area contributed by atoms with E-state index in [4.69, 9.17) is 9.47 Å². The Labute approximate surface area is 178 Å². The maximum atomic E-state index is 11.7. The highest BCUT2D eigenvalue weighted by atomic mass is 127. The molecule has 0 heterocycles. The number of carbonyl (C=O) groups excluding carboxylic acids is 1. The number of halogens is 1. The van der Waals surface area contributed by atoms with E-state index in [1.165, 1.54) is 0 Å². The zero-order valence-electron chi connectivity index (χ0n) is 16.3. The van der Waals surface area contributed by atoms with Crippen molar-refractivity contribution in [2.75, 3.05) is 33.9 Å². The van der Waals surface area contributed by atoms with Crippen molar-refractivity contribution in [1.82, 2.24) is 16.0 Å². The molecular formula is C19H31IN4O3. The summed E-state index contributed by atoms with van der Waals surface area (Å²) in [5.41, 5.74) is 1.15. The summed E-state index contributed by atoms with van der Waals surface area (Å²) in [7, 11) is 3.42. The van der Waals surface area contributed by atoms with Crippen molar-refractivity contribution in [2.45, 2.75) is 32.2 Å². The molecule has 1 aliphatic carbocycles. The number of nitrogens with zero attached hydrogens (tertiary/aromatic N) is 1. The topological polar surface area (TPSA) is 84.0 Å². The third-order valence-electron chi connectivity index (χ3n) is 4.36. The van der Waals surface area contributed by atoms with E-state index < -0.39 is 0 Å². The van der Waals surface area contributed by atoms with Crippen molar-refractivity contribution < 1.29 is 14.3 Å². The van der Waals surface area contributed by atoms with Crippen LogP contribution < -0.4 is 20.7 Å². The minimum absolute atomic E-state index is 0. The van der Waals surface area contributed by atoms with E-state index >= 15 is 0 Å². The number of nitrogens with one attached hydrogen (secondary N) is 3. The number of methoxy groups -OCH3 is 1. The summed E-state index contributed by atoms with van der Waals surface area (Å²) in [5.74, 6) is 2.12. The van der Waals surface area contributed by atoms with Gasteiger partial charge in [-0.05, 0) is 43.7 Å². The van der Waals surface area contributed by atoms with E-state index in [1.54, 1.807) is 21.1 Å². The molecule has 1 fully saturated rings. The number of guanidine groups is 1. The normalized spacial score (nSPS) is 14.6. The molecule has 1 saturated carbocycles. The van der Waals surface area contributed by atoms with Crippen molar-refractivity contribution in [2.24, 2.45) is 10.9 Å². The van der Waals surface area contributed by atoms with E-state index in [1.807, 2.05) is 18.2 Å². The van der Waals surface area contributed by atoms with Crippen LogP contribution in [-0.4, -0.2) is 51.9 Å². The number of benzene rings is 1. The van der Waals surface area contributed by atoms with Crippen LogP contribution in [0.1, 0.15) is 25.3 Å². The lowest BCUT2D eigenvalue weighted by Gasteiger charge is -2.20. The highest BCUT2D eigenvalue weighted by Gasteiger charge is 2.32. The smallest absolute Gasteiger partial charge is 0.407 e. The van der Waals surface area contributed by atoms with Gasteiger partial charge in [0.25, 0.3) is 0 Å². The lowest BCUT2D eigenvalue weighted by Crippen LogP contribution is -2.48. The first-order valence-corrected chi connectivity index (χ1v) is 9.17. The predicted molar refractivity (Wildman–Crippen MR) is 118 cm³/mol. The molecule has 0 aliphatic heterocycles. The van der Waals surface area contributed by atoms with Crippen LogP contribution in [0.2, 0.25) is 0 Å². The Morgan fingerprint density at radius 2 is 2.04 bits per heavy atom. The number of hydrogen-bond donors (Lipinski definition) is 3. The number of aliphatic imine (C=N–C) groups is 1. The lowest BCUT2D eigenvalue weighted by atomic mass is 10.1. The van der Waals surface area contributed by atoms with Gasteiger partial charge in [0.1, 0.15) is 5.75 Å².